The summed E-state index contributed by atoms with van der Waals surface area (Å²) >= 11 is 0. The molecule has 1 aromatic carbocycles. The van der Waals surface area contributed by atoms with E-state index < -0.39 is 17.5 Å². The number of hydrogen-bond donors (Lipinski definition) is 1. The van der Waals surface area contributed by atoms with Crippen molar-refractivity contribution in [3.63, 3.8) is 0 Å². The Morgan fingerprint density at radius 1 is 1.20 bits per heavy atom. The maximum absolute atomic E-state index is 13.4. The van der Waals surface area contributed by atoms with E-state index in [9.17, 15) is 13.2 Å². The minimum atomic E-state index is -1.40. The Hall–Kier alpha value is -1.03. The van der Waals surface area contributed by atoms with E-state index in [0.29, 0.717) is 6.42 Å². The molecule has 4 heteroatoms. The highest BCUT2D eigenvalue weighted by atomic mass is 19.2. The van der Waals surface area contributed by atoms with E-state index in [1.165, 1.54) is 6.07 Å². The fraction of sp³-hybridized carbons (Fsp3) is 0.455. The third-order valence-corrected chi connectivity index (χ3v) is 2.37. The summed E-state index contributed by atoms with van der Waals surface area (Å²) < 4.78 is 39.0. The van der Waals surface area contributed by atoms with Crippen LogP contribution in [0.4, 0.5) is 13.2 Å². The highest BCUT2D eigenvalue weighted by Gasteiger charge is 2.18. The molecule has 15 heavy (non-hydrogen) atoms. The second-order valence-electron chi connectivity index (χ2n) is 3.39. The molecule has 0 saturated carbocycles. The van der Waals surface area contributed by atoms with E-state index in [2.05, 4.69) is 5.32 Å². The molecule has 0 fully saturated rings. The Kier molecular flexibility index (Phi) is 4.15. The highest BCUT2D eigenvalue weighted by Crippen LogP contribution is 2.24. The molecule has 84 valence electrons. The van der Waals surface area contributed by atoms with Gasteiger partial charge in [0.1, 0.15) is 0 Å². The molecule has 1 aromatic rings. The van der Waals surface area contributed by atoms with Gasteiger partial charge in [0.2, 0.25) is 0 Å². The molecule has 0 saturated heterocycles. The lowest BCUT2D eigenvalue weighted by atomic mass is 10.0. The van der Waals surface area contributed by atoms with E-state index in [4.69, 9.17) is 0 Å². The molecule has 1 rings (SSSR count). The van der Waals surface area contributed by atoms with E-state index in [1.54, 1.807) is 7.05 Å². The molecule has 0 aliphatic heterocycles. The molecule has 1 unspecified atom stereocenters. The summed E-state index contributed by atoms with van der Waals surface area (Å²) in [6.07, 6.45) is 1.52. The van der Waals surface area contributed by atoms with Crippen LogP contribution in [0.3, 0.4) is 0 Å². The third-order valence-electron chi connectivity index (χ3n) is 2.37. The van der Waals surface area contributed by atoms with Gasteiger partial charge in [0, 0.05) is 11.6 Å². The molecule has 0 spiro atoms. The zero-order chi connectivity index (χ0) is 11.4. The van der Waals surface area contributed by atoms with Gasteiger partial charge in [0.05, 0.1) is 0 Å². The lowest BCUT2D eigenvalue weighted by molar-refractivity contribution is 0.423. The maximum Gasteiger partial charge on any atom is 0.194 e. The summed E-state index contributed by atoms with van der Waals surface area (Å²) in [4.78, 5) is 0. The Bertz CT molecular complexity index is 339. The summed E-state index contributed by atoms with van der Waals surface area (Å²) in [6, 6.07) is 1.96. The lowest BCUT2D eigenvalue weighted by Gasteiger charge is -2.16. The van der Waals surface area contributed by atoms with Gasteiger partial charge in [-0.05, 0) is 19.5 Å². The summed E-state index contributed by atoms with van der Waals surface area (Å²) in [7, 11) is 1.67. The Morgan fingerprint density at radius 2 is 1.87 bits per heavy atom. The van der Waals surface area contributed by atoms with Crippen LogP contribution >= 0.6 is 0 Å². The zero-order valence-electron chi connectivity index (χ0n) is 8.78. The molecule has 1 nitrogen and oxygen atoms in total. The van der Waals surface area contributed by atoms with Crippen molar-refractivity contribution in [3.05, 3.63) is 35.1 Å². The molecular formula is C11H14F3N. The van der Waals surface area contributed by atoms with Gasteiger partial charge in [-0.1, -0.05) is 19.4 Å². The zero-order valence-corrected chi connectivity index (χ0v) is 8.78. The van der Waals surface area contributed by atoms with Gasteiger partial charge in [0.15, 0.2) is 17.5 Å². The SMILES string of the molecule is CCCC(NC)c1ccc(F)c(F)c1F. The Morgan fingerprint density at radius 3 is 2.40 bits per heavy atom. The van der Waals surface area contributed by atoms with Crippen molar-refractivity contribution in [1.29, 1.82) is 0 Å². The Labute approximate surface area is 87.3 Å². The molecule has 0 aliphatic carbocycles. The molecular weight excluding hydrogens is 203 g/mol. The largest absolute Gasteiger partial charge is 0.313 e. The summed E-state index contributed by atoms with van der Waals surface area (Å²) in [5.41, 5.74) is 0.179. The number of hydrogen-bond acceptors (Lipinski definition) is 1. The predicted octanol–water partition coefficient (Wildman–Crippen LogP) is 3.16. The number of nitrogens with one attached hydrogen (secondary N) is 1. The smallest absolute Gasteiger partial charge is 0.194 e. The topological polar surface area (TPSA) is 12.0 Å². The molecule has 1 atom stereocenters. The van der Waals surface area contributed by atoms with E-state index in [-0.39, 0.29) is 11.6 Å². The summed E-state index contributed by atoms with van der Waals surface area (Å²) in [5, 5.41) is 2.88. The first-order valence-corrected chi connectivity index (χ1v) is 4.92. The quantitative estimate of drug-likeness (QED) is 0.764. The van der Waals surface area contributed by atoms with Crippen molar-refractivity contribution in [2.75, 3.05) is 7.05 Å². The normalized spacial score (nSPS) is 12.9. The standard InChI is InChI=1S/C11H14F3N/c1-3-4-9(15-2)7-5-6-8(12)11(14)10(7)13/h5-6,9,15H,3-4H2,1-2H3. The first-order valence-electron chi connectivity index (χ1n) is 4.92. The van der Waals surface area contributed by atoms with E-state index >= 15 is 0 Å². The minimum Gasteiger partial charge on any atom is -0.313 e. The maximum atomic E-state index is 13.4. The first kappa shape index (κ1) is 12.0. The monoisotopic (exact) mass is 217 g/mol. The van der Waals surface area contributed by atoms with Crippen molar-refractivity contribution < 1.29 is 13.2 Å². The molecule has 1 N–H and O–H groups in total. The number of benzene rings is 1. The summed E-state index contributed by atoms with van der Waals surface area (Å²) in [6.45, 7) is 1.95. The summed E-state index contributed by atoms with van der Waals surface area (Å²) in [5.74, 6) is -3.64. The van der Waals surface area contributed by atoms with Gasteiger partial charge < -0.3 is 5.32 Å². The predicted molar refractivity (Wildman–Crippen MR) is 53.0 cm³/mol. The van der Waals surface area contributed by atoms with Gasteiger partial charge in [-0.25, -0.2) is 13.2 Å². The second kappa shape index (κ2) is 5.16. The van der Waals surface area contributed by atoms with Crippen LogP contribution in [0.25, 0.3) is 0 Å². The van der Waals surface area contributed by atoms with Crippen LogP contribution in [0.5, 0.6) is 0 Å². The average molecular weight is 217 g/mol. The van der Waals surface area contributed by atoms with Crippen molar-refractivity contribution in [1.82, 2.24) is 5.32 Å². The number of halogens is 3. The molecule has 0 radical (unpaired) electrons. The Balaban J connectivity index is 3.07. The van der Waals surface area contributed by atoms with Crippen LogP contribution in [0, 0.1) is 17.5 Å². The van der Waals surface area contributed by atoms with E-state index in [1.807, 2.05) is 6.92 Å². The van der Waals surface area contributed by atoms with Crippen molar-refractivity contribution in [3.8, 4) is 0 Å². The van der Waals surface area contributed by atoms with Crippen molar-refractivity contribution in [2.45, 2.75) is 25.8 Å². The minimum absolute atomic E-state index is 0.179. The molecule has 0 amide bonds. The average Bonchev–Trinajstić information content (AvgIpc) is 2.24. The fourth-order valence-corrected chi connectivity index (χ4v) is 1.55. The van der Waals surface area contributed by atoms with Crippen molar-refractivity contribution in [2.24, 2.45) is 0 Å². The lowest BCUT2D eigenvalue weighted by Crippen LogP contribution is -2.18. The van der Waals surface area contributed by atoms with Gasteiger partial charge >= 0.3 is 0 Å². The van der Waals surface area contributed by atoms with Crippen LogP contribution in [0.2, 0.25) is 0 Å². The van der Waals surface area contributed by atoms with Gasteiger partial charge in [-0.3, -0.25) is 0 Å². The molecule has 0 aliphatic rings. The van der Waals surface area contributed by atoms with Gasteiger partial charge in [0.25, 0.3) is 0 Å². The van der Waals surface area contributed by atoms with Crippen LogP contribution in [-0.4, -0.2) is 7.05 Å². The first-order chi connectivity index (χ1) is 7.11. The third kappa shape index (κ3) is 2.50. The highest BCUT2D eigenvalue weighted by molar-refractivity contribution is 5.23. The van der Waals surface area contributed by atoms with Gasteiger partial charge in [-0.2, -0.15) is 0 Å². The van der Waals surface area contributed by atoms with Crippen molar-refractivity contribution >= 4 is 0 Å². The molecule has 0 aromatic heterocycles. The van der Waals surface area contributed by atoms with Crippen LogP contribution in [-0.2, 0) is 0 Å². The number of rotatable bonds is 4. The second-order valence-corrected chi connectivity index (χ2v) is 3.39. The van der Waals surface area contributed by atoms with Crippen LogP contribution in [0.1, 0.15) is 31.4 Å². The van der Waals surface area contributed by atoms with E-state index in [0.717, 1.165) is 12.5 Å². The van der Waals surface area contributed by atoms with Gasteiger partial charge in [-0.15, -0.1) is 0 Å². The molecule has 0 bridgehead atoms. The van der Waals surface area contributed by atoms with Crippen LogP contribution in [0.15, 0.2) is 12.1 Å². The fourth-order valence-electron chi connectivity index (χ4n) is 1.55. The molecule has 0 heterocycles. The van der Waals surface area contributed by atoms with Crippen LogP contribution < -0.4 is 5.32 Å².